The summed E-state index contributed by atoms with van der Waals surface area (Å²) in [6.45, 7) is 2.58. The molecule has 1 aliphatic rings. The molecular weight excluding hydrogens is 126 g/mol. The third-order valence-electron chi connectivity index (χ3n) is 1.40. The van der Waals surface area contributed by atoms with E-state index in [0.29, 0.717) is 6.61 Å². The van der Waals surface area contributed by atoms with Crippen molar-refractivity contribution < 1.29 is 5.11 Å². The summed E-state index contributed by atoms with van der Waals surface area (Å²) in [6.07, 6.45) is 0.979. The molecule has 1 heterocycles. The van der Waals surface area contributed by atoms with Crippen LogP contribution in [0.4, 0.5) is 0 Å². The lowest BCUT2D eigenvalue weighted by Gasteiger charge is -2.25. The van der Waals surface area contributed by atoms with Crippen LogP contribution in [-0.2, 0) is 0 Å². The highest BCUT2D eigenvalue weighted by Gasteiger charge is 2.14. The zero-order valence-electron chi connectivity index (χ0n) is 4.76. The van der Waals surface area contributed by atoms with Gasteiger partial charge in [0.05, 0.1) is 0 Å². The van der Waals surface area contributed by atoms with Crippen LogP contribution in [0.2, 0.25) is 0 Å². The molecular formula is C5H12ClNO. The Kier molecular flexibility index (Phi) is 4.23. The van der Waals surface area contributed by atoms with Crippen molar-refractivity contribution in [1.82, 2.24) is 5.32 Å². The second kappa shape index (κ2) is 4.13. The second-order valence-corrected chi connectivity index (χ2v) is 2.04. The summed E-state index contributed by atoms with van der Waals surface area (Å²) in [7, 11) is 0. The maximum atomic E-state index is 8.37. The highest BCUT2D eigenvalue weighted by atomic mass is 35.5. The summed E-state index contributed by atoms with van der Waals surface area (Å²) < 4.78 is 0. The zero-order chi connectivity index (χ0) is 5.11. The van der Waals surface area contributed by atoms with Crippen molar-refractivity contribution in [2.24, 2.45) is 5.92 Å². The van der Waals surface area contributed by atoms with Crippen LogP contribution in [0.15, 0.2) is 0 Å². The van der Waals surface area contributed by atoms with Gasteiger partial charge in [0, 0.05) is 6.61 Å². The molecule has 0 saturated carbocycles. The summed E-state index contributed by atoms with van der Waals surface area (Å²) in [6, 6.07) is 0. The number of aliphatic hydroxyl groups excluding tert-OH is 1. The SMILES string of the molecule is Cl.OCCC1CNC1. The normalized spacial score (nSPS) is 19.1. The quantitative estimate of drug-likeness (QED) is 0.562. The third-order valence-corrected chi connectivity index (χ3v) is 1.40. The minimum absolute atomic E-state index is 0. The highest BCUT2D eigenvalue weighted by Crippen LogP contribution is 2.05. The van der Waals surface area contributed by atoms with Gasteiger partial charge in [0.25, 0.3) is 0 Å². The Morgan fingerprint density at radius 1 is 1.50 bits per heavy atom. The Bertz CT molecular complexity index is 56.4. The molecule has 8 heavy (non-hydrogen) atoms. The standard InChI is InChI=1S/C5H11NO.ClH/c7-2-1-5-3-6-4-5;/h5-7H,1-4H2;1H. The van der Waals surface area contributed by atoms with Crippen LogP contribution in [0.25, 0.3) is 0 Å². The van der Waals surface area contributed by atoms with Crippen molar-refractivity contribution in [3.63, 3.8) is 0 Å². The Balaban J connectivity index is 0.000000490. The maximum absolute atomic E-state index is 8.37. The lowest BCUT2D eigenvalue weighted by molar-refractivity contribution is 0.223. The molecule has 1 saturated heterocycles. The second-order valence-electron chi connectivity index (χ2n) is 2.04. The molecule has 0 aromatic heterocycles. The topological polar surface area (TPSA) is 32.3 Å². The molecule has 0 aliphatic carbocycles. The van der Waals surface area contributed by atoms with Crippen molar-refractivity contribution in [2.45, 2.75) is 6.42 Å². The van der Waals surface area contributed by atoms with Gasteiger partial charge in [0.1, 0.15) is 0 Å². The molecule has 0 aromatic carbocycles. The number of nitrogens with one attached hydrogen (secondary N) is 1. The molecule has 1 rings (SSSR count). The Morgan fingerprint density at radius 2 is 2.12 bits per heavy atom. The Hall–Kier alpha value is 0.210. The number of halogens is 1. The first-order chi connectivity index (χ1) is 3.43. The molecule has 2 N–H and O–H groups in total. The van der Waals surface area contributed by atoms with E-state index in [1.54, 1.807) is 0 Å². The van der Waals surface area contributed by atoms with Crippen LogP contribution in [0.3, 0.4) is 0 Å². The van der Waals surface area contributed by atoms with Gasteiger partial charge in [-0.25, -0.2) is 0 Å². The number of hydrogen-bond acceptors (Lipinski definition) is 2. The van der Waals surface area contributed by atoms with Gasteiger partial charge in [-0.05, 0) is 25.4 Å². The molecule has 2 nitrogen and oxygen atoms in total. The van der Waals surface area contributed by atoms with Crippen LogP contribution >= 0.6 is 12.4 Å². The molecule has 0 unspecified atom stereocenters. The van der Waals surface area contributed by atoms with E-state index in [1.165, 1.54) is 0 Å². The highest BCUT2D eigenvalue weighted by molar-refractivity contribution is 5.85. The summed E-state index contributed by atoms with van der Waals surface area (Å²) >= 11 is 0. The molecule has 1 aliphatic heterocycles. The lowest BCUT2D eigenvalue weighted by atomic mass is 10.0. The van der Waals surface area contributed by atoms with Crippen LogP contribution in [0.5, 0.6) is 0 Å². The average Bonchev–Trinajstić information content (AvgIpc) is 1.55. The van der Waals surface area contributed by atoms with Crippen LogP contribution < -0.4 is 5.32 Å². The molecule has 0 radical (unpaired) electrons. The lowest BCUT2D eigenvalue weighted by Crippen LogP contribution is -2.42. The van der Waals surface area contributed by atoms with Crippen molar-refractivity contribution in [3.8, 4) is 0 Å². The van der Waals surface area contributed by atoms with E-state index in [4.69, 9.17) is 5.11 Å². The molecule has 0 atom stereocenters. The predicted octanol–water partition coefficient (Wildman–Crippen LogP) is 0.01000. The summed E-state index contributed by atoms with van der Waals surface area (Å²) in [5.41, 5.74) is 0. The average molecular weight is 138 g/mol. The molecule has 50 valence electrons. The smallest absolute Gasteiger partial charge is 0.0434 e. The monoisotopic (exact) mass is 137 g/mol. The van der Waals surface area contributed by atoms with E-state index in [0.717, 1.165) is 25.4 Å². The molecule has 0 amide bonds. The molecule has 1 fully saturated rings. The minimum atomic E-state index is 0. The van der Waals surface area contributed by atoms with E-state index in [-0.39, 0.29) is 12.4 Å². The maximum Gasteiger partial charge on any atom is 0.0434 e. The van der Waals surface area contributed by atoms with Crippen molar-refractivity contribution >= 4 is 12.4 Å². The largest absolute Gasteiger partial charge is 0.396 e. The first kappa shape index (κ1) is 8.21. The van der Waals surface area contributed by atoms with E-state index in [1.807, 2.05) is 0 Å². The summed E-state index contributed by atoms with van der Waals surface area (Å²) in [4.78, 5) is 0. The van der Waals surface area contributed by atoms with Crippen LogP contribution in [-0.4, -0.2) is 24.8 Å². The van der Waals surface area contributed by atoms with Gasteiger partial charge in [0.15, 0.2) is 0 Å². The number of rotatable bonds is 2. The number of aliphatic hydroxyl groups is 1. The fourth-order valence-electron chi connectivity index (χ4n) is 0.735. The van der Waals surface area contributed by atoms with Crippen molar-refractivity contribution in [2.75, 3.05) is 19.7 Å². The van der Waals surface area contributed by atoms with E-state index < -0.39 is 0 Å². The third kappa shape index (κ3) is 1.99. The van der Waals surface area contributed by atoms with Gasteiger partial charge < -0.3 is 10.4 Å². The molecule has 3 heteroatoms. The van der Waals surface area contributed by atoms with Gasteiger partial charge in [-0.15, -0.1) is 12.4 Å². The van der Waals surface area contributed by atoms with Gasteiger partial charge in [-0.1, -0.05) is 0 Å². The van der Waals surface area contributed by atoms with Crippen LogP contribution in [0, 0.1) is 5.92 Å². The van der Waals surface area contributed by atoms with E-state index in [9.17, 15) is 0 Å². The molecule has 0 spiro atoms. The Morgan fingerprint density at radius 3 is 2.25 bits per heavy atom. The van der Waals surface area contributed by atoms with Crippen molar-refractivity contribution in [1.29, 1.82) is 0 Å². The summed E-state index contributed by atoms with van der Waals surface area (Å²) in [5, 5.41) is 11.5. The van der Waals surface area contributed by atoms with E-state index in [2.05, 4.69) is 5.32 Å². The number of hydrogen-bond donors (Lipinski definition) is 2. The molecule has 0 bridgehead atoms. The first-order valence-corrected chi connectivity index (χ1v) is 2.75. The Labute approximate surface area is 55.7 Å². The minimum Gasteiger partial charge on any atom is -0.396 e. The molecule has 0 aromatic rings. The van der Waals surface area contributed by atoms with Gasteiger partial charge in [-0.2, -0.15) is 0 Å². The fourth-order valence-corrected chi connectivity index (χ4v) is 0.735. The van der Waals surface area contributed by atoms with Gasteiger partial charge in [0.2, 0.25) is 0 Å². The predicted molar refractivity (Wildman–Crippen MR) is 35.3 cm³/mol. The summed E-state index contributed by atoms with van der Waals surface area (Å²) in [5.74, 6) is 0.769. The van der Waals surface area contributed by atoms with Crippen LogP contribution in [0.1, 0.15) is 6.42 Å². The first-order valence-electron chi connectivity index (χ1n) is 2.75. The fraction of sp³-hybridized carbons (Fsp3) is 1.00. The van der Waals surface area contributed by atoms with Crippen molar-refractivity contribution in [3.05, 3.63) is 0 Å². The van der Waals surface area contributed by atoms with Gasteiger partial charge in [-0.3, -0.25) is 0 Å². The van der Waals surface area contributed by atoms with Gasteiger partial charge >= 0.3 is 0 Å². The zero-order valence-corrected chi connectivity index (χ0v) is 5.58. The van der Waals surface area contributed by atoms with E-state index >= 15 is 0 Å².